The lowest BCUT2D eigenvalue weighted by atomic mass is 9.59. The Kier molecular flexibility index (Phi) is 14.8. The van der Waals surface area contributed by atoms with Crippen LogP contribution in [0.3, 0.4) is 0 Å². The monoisotopic (exact) mass is 1130 g/mol. The van der Waals surface area contributed by atoms with Crippen molar-refractivity contribution in [3.8, 4) is 23.3 Å². The van der Waals surface area contributed by atoms with E-state index >= 15 is 4.39 Å². The maximum atomic E-state index is 15.0. The van der Waals surface area contributed by atoms with Crippen molar-refractivity contribution < 1.29 is 42.0 Å². The zero-order valence-electron chi connectivity index (χ0n) is 47.0. The number of carbonyl (C=O) groups is 1. The van der Waals surface area contributed by atoms with Gasteiger partial charge in [-0.25, -0.2) is 32.5 Å². The summed E-state index contributed by atoms with van der Waals surface area (Å²) in [5, 5.41) is 29.8. The number of quaternary nitrogens is 1. The number of nitrogens with one attached hydrogen (secondary N) is 4. The Balaban J connectivity index is 0.750. The highest BCUT2D eigenvalue weighted by Gasteiger charge is 2.51. The summed E-state index contributed by atoms with van der Waals surface area (Å²) in [6, 6.07) is 19.6. The molecule has 7 aliphatic rings. The quantitative estimate of drug-likeness (QED) is 0.0587. The fourth-order valence-electron chi connectivity index (χ4n) is 13.4. The molecule has 0 radical (unpaired) electrons. The molecule has 3 aliphatic heterocycles. The average Bonchev–Trinajstić information content (AvgIpc) is 4.29. The van der Waals surface area contributed by atoms with Crippen molar-refractivity contribution in [2.75, 3.05) is 75.5 Å². The molecule has 3 aromatic heterocycles. The topological polar surface area (TPSA) is 211 Å². The van der Waals surface area contributed by atoms with E-state index in [9.17, 15) is 23.5 Å². The van der Waals surface area contributed by atoms with E-state index in [1.54, 1.807) is 12.1 Å². The number of rotatable bonds is 16. The number of pyridine rings is 3. The van der Waals surface area contributed by atoms with Gasteiger partial charge in [0.25, 0.3) is 21.8 Å². The number of methoxy groups -OCH3 is 1. The molecule has 5 aromatic rings. The van der Waals surface area contributed by atoms with Gasteiger partial charge in [-0.05, 0) is 135 Å². The Morgan fingerprint density at radius 2 is 1.78 bits per heavy atom. The van der Waals surface area contributed by atoms with Crippen molar-refractivity contribution in [2.45, 2.75) is 132 Å². The SMILES string of the molecule is COc1nc2c(cc1Oc1cc(N3CCC4(CC3)CC(N3CCN(Cc5ccnc6c5NCC5(CC5)O6)C[C@H]3c3ccccc3C(C)C)C4)ccc1C(=O)NS(=O)(=O)c1cnc(NCC3CCC(C)(O)CC3)c([NH+](C)[O-])c1)C(F)=CC2. The summed E-state index contributed by atoms with van der Waals surface area (Å²) in [5.74, 6) is 0.302. The molecule has 0 bridgehead atoms. The van der Waals surface area contributed by atoms with Crippen LogP contribution in [0.1, 0.15) is 135 Å². The molecule has 1 amide bonds. The van der Waals surface area contributed by atoms with Crippen LogP contribution >= 0.6 is 0 Å². The molecule has 5 fully saturated rings. The van der Waals surface area contributed by atoms with Gasteiger partial charge in [0.1, 0.15) is 27.8 Å². The summed E-state index contributed by atoms with van der Waals surface area (Å²) in [7, 11) is -1.84. The molecule has 5 N–H and O–H groups in total. The maximum absolute atomic E-state index is 15.0. The number of amides is 1. The second kappa shape index (κ2) is 21.7. The zero-order valence-corrected chi connectivity index (χ0v) is 47.8. The minimum Gasteiger partial charge on any atom is -0.629 e. The van der Waals surface area contributed by atoms with Crippen LogP contribution < -0.4 is 39.5 Å². The number of fused-ring (bicyclic) bond motifs is 2. The fourth-order valence-corrected chi connectivity index (χ4v) is 14.3. The summed E-state index contributed by atoms with van der Waals surface area (Å²) >= 11 is 0. The number of aromatic nitrogens is 3. The van der Waals surface area contributed by atoms with Crippen LogP contribution in [-0.4, -0.2) is 121 Å². The highest BCUT2D eigenvalue weighted by atomic mass is 32.2. The number of aliphatic hydroxyl groups is 1. The van der Waals surface area contributed by atoms with E-state index in [1.807, 2.05) is 13.1 Å². The first-order valence-electron chi connectivity index (χ1n) is 28.9. The van der Waals surface area contributed by atoms with E-state index in [4.69, 9.17) is 14.2 Å². The van der Waals surface area contributed by atoms with E-state index in [2.05, 4.69) is 89.2 Å². The van der Waals surface area contributed by atoms with Crippen LogP contribution in [-0.2, 0) is 23.0 Å². The summed E-state index contributed by atoms with van der Waals surface area (Å²) in [4.78, 5) is 35.1. The van der Waals surface area contributed by atoms with E-state index in [0.29, 0.717) is 37.0 Å². The third-order valence-electron chi connectivity index (χ3n) is 18.5. The predicted molar refractivity (Wildman–Crippen MR) is 307 cm³/mol. The van der Waals surface area contributed by atoms with Gasteiger partial charge in [-0.3, -0.25) is 14.6 Å². The summed E-state index contributed by atoms with van der Waals surface area (Å²) < 4.78 is 63.8. The van der Waals surface area contributed by atoms with Crippen LogP contribution in [0.15, 0.2) is 84.0 Å². The Bertz CT molecular complexity index is 3350. The third-order valence-corrected chi connectivity index (χ3v) is 19.8. The molecule has 12 rings (SSSR count). The number of halogens is 1. The molecule has 430 valence electrons. The number of hydrogen-bond donors (Lipinski definition) is 5. The number of nitrogens with zero attached hydrogens (tertiary/aromatic N) is 6. The molecule has 2 atom stereocenters. The molecule has 4 aliphatic carbocycles. The van der Waals surface area contributed by atoms with Crippen molar-refractivity contribution in [3.63, 3.8) is 0 Å². The number of allylic oxidation sites excluding steroid dienone is 1. The standard InChI is InChI=1S/C61H75FN10O8S/c1-38(2)44-8-6-7-9-45(44)51-36-70(35-40-16-23-63-58-54(40)66-37-61(80-58)19-20-61)26-27-72(51)42-31-60(32-42)21-24-71(25-22-60)41-10-11-46(52(28-41)79-53-30-47-48(62)12-13-49(47)67-57(53)78-5)56(73)68-81(76,77)43-29-50(69(4)75)55(65-34-43)64-33-39-14-17-59(3,74)18-15-39/h6-12,16,23,28-30,34,38-39,42,51,66,69,74H,13-15,17-22,24-27,31-33,35-37H2,1-5H3,(H,64,65)(H,68,73)/t39?,51-,59?/m0/s1. The second-order valence-electron chi connectivity index (χ2n) is 24.5. The number of benzene rings is 2. The van der Waals surface area contributed by atoms with Crippen molar-refractivity contribution >= 4 is 44.6 Å². The van der Waals surface area contributed by atoms with E-state index < -0.39 is 32.4 Å². The Labute approximate surface area is 474 Å². The van der Waals surface area contributed by atoms with Gasteiger partial charge in [0.15, 0.2) is 17.3 Å². The van der Waals surface area contributed by atoms with Gasteiger partial charge in [0.05, 0.1) is 43.8 Å². The Hall–Kier alpha value is -6.42. The average molecular weight is 1130 g/mol. The lowest BCUT2D eigenvalue weighted by Crippen LogP contribution is -2.98. The summed E-state index contributed by atoms with van der Waals surface area (Å²) in [6.07, 6.45) is 13.9. The number of piperazine rings is 1. The third kappa shape index (κ3) is 11.3. The van der Waals surface area contributed by atoms with E-state index in [0.717, 1.165) is 121 Å². The first-order valence-corrected chi connectivity index (χ1v) is 30.4. The number of piperidine rings is 1. The van der Waals surface area contributed by atoms with Crippen molar-refractivity contribution in [1.82, 2.24) is 29.5 Å². The van der Waals surface area contributed by atoms with Gasteiger partial charge < -0.3 is 45.1 Å². The normalized spacial score (nSPS) is 23.6. The van der Waals surface area contributed by atoms with Gasteiger partial charge >= 0.3 is 0 Å². The largest absolute Gasteiger partial charge is 0.629 e. The number of anilines is 3. The predicted octanol–water partition coefficient (Wildman–Crippen LogP) is 8.42. The lowest BCUT2D eigenvalue weighted by Gasteiger charge is -2.58. The number of hydrogen-bond acceptors (Lipinski definition) is 16. The molecule has 81 heavy (non-hydrogen) atoms. The first kappa shape index (κ1) is 55.1. The van der Waals surface area contributed by atoms with Crippen molar-refractivity contribution in [2.24, 2.45) is 11.3 Å². The molecule has 6 heterocycles. The summed E-state index contributed by atoms with van der Waals surface area (Å²) in [5.41, 5.74) is 5.92. The van der Waals surface area contributed by atoms with Gasteiger partial charge in [-0.2, -0.15) is 0 Å². The molecular weight excluding hydrogens is 1050 g/mol. The Morgan fingerprint density at radius 3 is 2.52 bits per heavy atom. The van der Waals surface area contributed by atoms with Crippen LogP contribution in [0.5, 0.6) is 23.3 Å². The number of ether oxygens (including phenoxy) is 3. The molecule has 18 nitrogen and oxygen atoms in total. The first-order chi connectivity index (χ1) is 38.9. The smallest absolute Gasteiger partial charge is 0.268 e. The molecule has 20 heteroatoms. The van der Waals surface area contributed by atoms with E-state index in [-0.39, 0.29) is 74.3 Å². The highest BCUT2D eigenvalue weighted by molar-refractivity contribution is 7.90. The van der Waals surface area contributed by atoms with Crippen LogP contribution in [0.4, 0.5) is 27.3 Å². The van der Waals surface area contributed by atoms with Crippen LogP contribution in [0, 0.1) is 16.5 Å². The molecule has 2 spiro atoms. The maximum Gasteiger partial charge on any atom is 0.268 e. The van der Waals surface area contributed by atoms with Gasteiger partial charge in [-0.15, -0.1) is 0 Å². The highest BCUT2D eigenvalue weighted by Crippen LogP contribution is 2.54. The molecular formula is C61H75FN10O8S. The molecule has 3 saturated carbocycles. The van der Waals surface area contributed by atoms with Crippen molar-refractivity contribution in [3.05, 3.63) is 118 Å². The summed E-state index contributed by atoms with van der Waals surface area (Å²) in [6.45, 7) is 12.9. The fraction of sp³-hybridized carbons (Fsp3) is 0.508. The number of sulfonamides is 1. The van der Waals surface area contributed by atoms with Gasteiger partial charge in [-0.1, -0.05) is 38.1 Å². The minimum absolute atomic E-state index is 0.0184. The number of hydroxylamine groups is 1. The molecule has 2 aromatic carbocycles. The zero-order chi connectivity index (χ0) is 56.4. The minimum atomic E-state index is -4.59. The second-order valence-corrected chi connectivity index (χ2v) is 26.2. The number of carbonyl (C=O) groups excluding carboxylic acids is 1. The van der Waals surface area contributed by atoms with Gasteiger partial charge in [0, 0.05) is 93.9 Å². The van der Waals surface area contributed by atoms with Crippen LogP contribution in [0.2, 0.25) is 0 Å². The van der Waals surface area contributed by atoms with E-state index in [1.165, 1.54) is 55.1 Å². The molecule has 2 saturated heterocycles. The van der Waals surface area contributed by atoms with Gasteiger partial charge in [0.2, 0.25) is 5.88 Å². The van der Waals surface area contributed by atoms with Crippen molar-refractivity contribution in [1.29, 1.82) is 0 Å². The van der Waals surface area contributed by atoms with Crippen LogP contribution in [0.25, 0.3) is 5.83 Å². The molecule has 1 unspecified atom stereocenters. The Morgan fingerprint density at radius 1 is 1.00 bits per heavy atom. The lowest BCUT2D eigenvalue weighted by molar-refractivity contribution is -0.751.